The SMILES string of the molecule is O=C(c1ccc(-c2ccccc2)nc1)N1CCC2(CC1)OCCO2. The Morgan fingerprint density at radius 1 is 1.00 bits per heavy atom. The van der Waals surface area contributed by atoms with E-state index in [0.717, 1.165) is 24.1 Å². The van der Waals surface area contributed by atoms with E-state index in [4.69, 9.17) is 9.47 Å². The molecule has 2 aromatic rings. The lowest BCUT2D eigenvalue weighted by atomic mass is 10.0. The number of benzene rings is 1. The van der Waals surface area contributed by atoms with Crippen LogP contribution in [0.3, 0.4) is 0 Å². The van der Waals surface area contributed by atoms with Gasteiger partial charge in [-0.1, -0.05) is 30.3 Å². The van der Waals surface area contributed by atoms with Gasteiger partial charge < -0.3 is 14.4 Å². The third kappa shape index (κ3) is 2.92. The largest absolute Gasteiger partial charge is 0.347 e. The van der Waals surface area contributed by atoms with Crippen molar-refractivity contribution in [2.45, 2.75) is 18.6 Å². The van der Waals surface area contributed by atoms with E-state index in [0.29, 0.717) is 31.9 Å². The first kappa shape index (κ1) is 15.3. The van der Waals surface area contributed by atoms with Gasteiger partial charge in [0, 0.05) is 37.7 Å². The Morgan fingerprint density at radius 2 is 1.71 bits per heavy atom. The summed E-state index contributed by atoms with van der Waals surface area (Å²) in [5.74, 6) is -0.429. The lowest BCUT2D eigenvalue weighted by molar-refractivity contribution is -0.181. The summed E-state index contributed by atoms with van der Waals surface area (Å²) in [6.07, 6.45) is 3.13. The molecular formula is C19H20N2O3. The number of likely N-dealkylation sites (tertiary alicyclic amines) is 1. The summed E-state index contributed by atoms with van der Waals surface area (Å²) in [5, 5.41) is 0. The lowest BCUT2D eigenvalue weighted by Gasteiger charge is -2.37. The fourth-order valence-electron chi connectivity index (χ4n) is 3.32. The Morgan fingerprint density at radius 3 is 2.33 bits per heavy atom. The second-order valence-corrected chi connectivity index (χ2v) is 6.20. The van der Waals surface area contributed by atoms with Crippen LogP contribution in [0.5, 0.6) is 0 Å². The minimum atomic E-state index is -0.452. The minimum absolute atomic E-state index is 0.0231. The van der Waals surface area contributed by atoms with Gasteiger partial charge in [-0.25, -0.2) is 0 Å². The number of carbonyl (C=O) groups excluding carboxylic acids is 1. The van der Waals surface area contributed by atoms with E-state index in [1.54, 1.807) is 6.20 Å². The van der Waals surface area contributed by atoms with Gasteiger partial charge in [0.05, 0.1) is 24.5 Å². The molecule has 24 heavy (non-hydrogen) atoms. The van der Waals surface area contributed by atoms with E-state index >= 15 is 0 Å². The Bertz CT molecular complexity index is 699. The number of rotatable bonds is 2. The van der Waals surface area contributed by atoms with Gasteiger partial charge in [0.1, 0.15) is 0 Å². The number of hydrogen-bond acceptors (Lipinski definition) is 4. The fraction of sp³-hybridized carbons (Fsp3) is 0.368. The molecule has 1 aromatic carbocycles. The summed E-state index contributed by atoms with van der Waals surface area (Å²) in [6, 6.07) is 13.7. The van der Waals surface area contributed by atoms with Crippen molar-refractivity contribution in [3.63, 3.8) is 0 Å². The molecule has 0 aliphatic carbocycles. The number of aromatic nitrogens is 1. The highest BCUT2D eigenvalue weighted by Gasteiger charge is 2.40. The van der Waals surface area contributed by atoms with Crippen LogP contribution in [-0.4, -0.2) is 47.9 Å². The normalized spacial score (nSPS) is 19.6. The molecule has 0 N–H and O–H groups in total. The first-order valence-corrected chi connectivity index (χ1v) is 8.34. The average molecular weight is 324 g/mol. The van der Waals surface area contributed by atoms with Crippen LogP contribution in [0.25, 0.3) is 11.3 Å². The van der Waals surface area contributed by atoms with Crippen molar-refractivity contribution in [2.75, 3.05) is 26.3 Å². The van der Waals surface area contributed by atoms with E-state index in [2.05, 4.69) is 4.98 Å². The van der Waals surface area contributed by atoms with Gasteiger partial charge in [-0.3, -0.25) is 9.78 Å². The highest BCUT2D eigenvalue weighted by molar-refractivity contribution is 5.94. The topological polar surface area (TPSA) is 51.7 Å². The van der Waals surface area contributed by atoms with Crippen LogP contribution in [0.4, 0.5) is 0 Å². The Hall–Kier alpha value is -2.24. The second-order valence-electron chi connectivity index (χ2n) is 6.20. The van der Waals surface area contributed by atoms with Crippen molar-refractivity contribution in [3.05, 3.63) is 54.2 Å². The van der Waals surface area contributed by atoms with Gasteiger partial charge in [0.25, 0.3) is 5.91 Å². The standard InChI is InChI=1S/C19H20N2O3/c22-18(21-10-8-19(9-11-21)23-12-13-24-19)16-6-7-17(20-14-16)15-4-2-1-3-5-15/h1-7,14H,8-13H2. The number of carbonyl (C=O) groups is 1. The molecular weight excluding hydrogens is 304 g/mol. The first-order valence-electron chi connectivity index (χ1n) is 8.34. The maximum atomic E-state index is 12.7. The molecule has 1 spiro atoms. The van der Waals surface area contributed by atoms with Crippen LogP contribution in [-0.2, 0) is 9.47 Å². The van der Waals surface area contributed by atoms with Crippen molar-refractivity contribution in [1.82, 2.24) is 9.88 Å². The monoisotopic (exact) mass is 324 g/mol. The number of piperidine rings is 1. The summed E-state index contributed by atoms with van der Waals surface area (Å²) in [6.45, 7) is 2.61. The van der Waals surface area contributed by atoms with Crippen LogP contribution >= 0.6 is 0 Å². The number of nitrogens with zero attached hydrogens (tertiary/aromatic N) is 2. The Kier molecular flexibility index (Phi) is 4.04. The maximum Gasteiger partial charge on any atom is 0.255 e. The molecule has 4 rings (SSSR count). The molecule has 0 saturated carbocycles. The third-order valence-electron chi connectivity index (χ3n) is 4.71. The zero-order valence-electron chi connectivity index (χ0n) is 13.5. The predicted octanol–water partition coefficient (Wildman–Crippen LogP) is 2.73. The quantitative estimate of drug-likeness (QED) is 0.852. The van der Waals surface area contributed by atoms with Gasteiger partial charge in [-0.05, 0) is 12.1 Å². The van der Waals surface area contributed by atoms with Crippen molar-refractivity contribution >= 4 is 5.91 Å². The molecule has 0 unspecified atom stereocenters. The molecule has 5 nitrogen and oxygen atoms in total. The fourth-order valence-corrected chi connectivity index (χ4v) is 3.32. The smallest absolute Gasteiger partial charge is 0.255 e. The van der Waals surface area contributed by atoms with Crippen molar-refractivity contribution in [2.24, 2.45) is 0 Å². The first-order chi connectivity index (χ1) is 11.8. The number of amides is 1. The van der Waals surface area contributed by atoms with E-state index in [1.165, 1.54) is 0 Å². The van der Waals surface area contributed by atoms with Crippen molar-refractivity contribution < 1.29 is 14.3 Å². The van der Waals surface area contributed by atoms with E-state index in [1.807, 2.05) is 47.4 Å². The zero-order chi connectivity index (χ0) is 16.4. The van der Waals surface area contributed by atoms with Crippen LogP contribution in [0.15, 0.2) is 48.7 Å². The molecule has 2 fully saturated rings. The summed E-state index contributed by atoms with van der Waals surface area (Å²) >= 11 is 0. The molecule has 0 radical (unpaired) electrons. The predicted molar refractivity (Wildman–Crippen MR) is 89.4 cm³/mol. The van der Waals surface area contributed by atoms with Crippen molar-refractivity contribution in [3.8, 4) is 11.3 Å². The van der Waals surface area contributed by atoms with Gasteiger partial charge in [-0.2, -0.15) is 0 Å². The van der Waals surface area contributed by atoms with Crippen LogP contribution < -0.4 is 0 Å². The summed E-state index contributed by atoms with van der Waals surface area (Å²) < 4.78 is 11.4. The van der Waals surface area contributed by atoms with E-state index < -0.39 is 5.79 Å². The highest BCUT2D eigenvalue weighted by Crippen LogP contribution is 2.31. The molecule has 3 heterocycles. The van der Waals surface area contributed by atoms with E-state index in [9.17, 15) is 4.79 Å². The Labute approximate surface area is 141 Å². The zero-order valence-corrected chi connectivity index (χ0v) is 13.5. The van der Waals surface area contributed by atoms with Crippen LogP contribution in [0.1, 0.15) is 23.2 Å². The lowest BCUT2D eigenvalue weighted by Crippen LogP contribution is -2.47. The molecule has 124 valence electrons. The summed E-state index contributed by atoms with van der Waals surface area (Å²) in [5.41, 5.74) is 2.54. The molecule has 2 aliphatic heterocycles. The van der Waals surface area contributed by atoms with Gasteiger partial charge in [-0.15, -0.1) is 0 Å². The third-order valence-corrected chi connectivity index (χ3v) is 4.71. The number of hydrogen-bond donors (Lipinski definition) is 0. The number of pyridine rings is 1. The summed E-state index contributed by atoms with van der Waals surface area (Å²) in [7, 11) is 0. The maximum absolute atomic E-state index is 12.7. The van der Waals surface area contributed by atoms with Gasteiger partial charge in [0.2, 0.25) is 0 Å². The van der Waals surface area contributed by atoms with Crippen LogP contribution in [0, 0.1) is 0 Å². The summed E-state index contributed by atoms with van der Waals surface area (Å²) in [4.78, 5) is 19.0. The van der Waals surface area contributed by atoms with E-state index in [-0.39, 0.29) is 5.91 Å². The van der Waals surface area contributed by atoms with Crippen molar-refractivity contribution in [1.29, 1.82) is 0 Å². The van der Waals surface area contributed by atoms with Gasteiger partial charge >= 0.3 is 0 Å². The Balaban J connectivity index is 1.43. The molecule has 2 aliphatic rings. The molecule has 2 saturated heterocycles. The van der Waals surface area contributed by atoms with Gasteiger partial charge in [0.15, 0.2) is 5.79 Å². The molecule has 5 heteroatoms. The minimum Gasteiger partial charge on any atom is -0.347 e. The van der Waals surface area contributed by atoms with Crippen LogP contribution in [0.2, 0.25) is 0 Å². The average Bonchev–Trinajstić information content (AvgIpc) is 3.11. The molecule has 0 atom stereocenters. The second kappa shape index (κ2) is 6.34. The number of ether oxygens (including phenoxy) is 2. The molecule has 1 amide bonds. The molecule has 0 bridgehead atoms. The molecule has 1 aromatic heterocycles. The highest BCUT2D eigenvalue weighted by atomic mass is 16.7.